The molecule has 148 valence electrons. The van der Waals surface area contributed by atoms with Gasteiger partial charge in [-0.15, -0.1) is 24.0 Å². The summed E-state index contributed by atoms with van der Waals surface area (Å²) in [6.07, 6.45) is 3.70. The number of carbonyl (C=O) groups is 1. The second-order valence-electron chi connectivity index (χ2n) is 6.42. The molecule has 1 aliphatic heterocycles. The Morgan fingerprint density at radius 2 is 2.08 bits per heavy atom. The Hall–Kier alpha value is -1.32. The van der Waals surface area contributed by atoms with E-state index in [1.54, 1.807) is 7.05 Å². The molecule has 0 atom stereocenters. The summed E-state index contributed by atoms with van der Waals surface area (Å²) in [5.41, 5.74) is 1.02. The fourth-order valence-electron chi connectivity index (χ4n) is 3.30. The summed E-state index contributed by atoms with van der Waals surface area (Å²) in [5, 5.41) is 7.52. The highest BCUT2D eigenvalue weighted by Crippen LogP contribution is 2.22. The zero-order chi connectivity index (χ0) is 18.2. The van der Waals surface area contributed by atoms with Crippen molar-refractivity contribution in [1.82, 2.24) is 15.4 Å². The first kappa shape index (κ1) is 22.7. The summed E-state index contributed by atoms with van der Waals surface area (Å²) in [6.45, 7) is 6.46. The van der Waals surface area contributed by atoms with Crippen LogP contribution in [-0.4, -0.2) is 49.2 Å². The van der Waals surface area contributed by atoms with Crippen LogP contribution in [0.15, 0.2) is 15.6 Å². The monoisotopic (exact) mass is 478 g/mol. The molecule has 0 aromatic carbocycles. The number of nitrogens with one attached hydrogen (secondary N) is 1. The summed E-state index contributed by atoms with van der Waals surface area (Å²) >= 11 is 0. The summed E-state index contributed by atoms with van der Waals surface area (Å²) in [6, 6.07) is 2.03. The van der Waals surface area contributed by atoms with Gasteiger partial charge in [0.15, 0.2) is 11.7 Å². The molecule has 1 aromatic heterocycles. The van der Waals surface area contributed by atoms with E-state index in [0.717, 1.165) is 56.2 Å². The Balaban J connectivity index is 0.00000338. The Kier molecular flexibility index (Phi) is 9.97. The van der Waals surface area contributed by atoms with Crippen LogP contribution in [0.4, 0.5) is 0 Å². The number of ether oxygens (including phenoxy) is 1. The maximum atomic E-state index is 11.6. The van der Waals surface area contributed by atoms with Crippen LogP contribution >= 0.6 is 24.0 Å². The number of guanidine groups is 1. The van der Waals surface area contributed by atoms with Crippen molar-refractivity contribution < 1.29 is 14.1 Å². The molecule has 0 unspecified atom stereocenters. The van der Waals surface area contributed by atoms with Crippen LogP contribution in [0, 0.1) is 5.92 Å². The molecule has 0 radical (unpaired) electrons. The van der Waals surface area contributed by atoms with Crippen LogP contribution in [0.5, 0.6) is 0 Å². The number of methoxy groups -OCH3 is 1. The highest BCUT2D eigenvalue weighted by molar-refractivity contribution is 14.0. The predicted octanol–water partition coefficient (Wildman–Crippen LogP) is 3.16. The maximum Gasteiger partial charge on any atom is 0.308 e. The van der Waals surface area contributed by atoms with Crippen LogP contribution in [-0.2, 0) is 16.1 Å². The molecule has 2 rings (SSSR count). The van der Waals surface area contributed by atoms with Crippen molar-refractivity contribution in [3.8, 4) is 0 Å². The molecule has 26 heavy (non-hydrogen) atoms. The fraction of sp³-hybridized carbons (Fsp3) is 0.722. The average molecular weight is 478 g/mol. The second-order valence-corrected chi connectivity index (χ2v) is 6.42. The second kappa shape index (κ2) is 11.4. The normalized spacial score (nSPS) is 15.7. The van der Waals surface area contributed by atoms with Gasteiger partial charge in [0.05, 0.1) is 25.3 Å². The number of likely N-dealkylation sites (tertiary alicyclic amines) is 1. The number of esters is 1. The van der Waals surface area contributed by atoms with E-state index in [4.69, 9.17) is 9.26 Å². The number of hydrogen-bond acceptors (Lipinski definition) is 5. The molecule has 2 heterocycles. The topological polar surface area (TPSA) is 80.0 Å². The van der Waals surface area contributed by atoms with Gasteiger partial charge in [-0.1, -0.05) is 19.0 Å². The Morgan fingerprint density at radius 1 is 1.42 bits per heavy atom. The number of carbonyl (C=O) groups excluding carboxylic acids is 1. The van der Waals surface area contributed by atoms with Gasteiger partial charge in [-0.05, 0) is 25.7 Å². The fourth-order valence-corrected chi connectivity index (χ4v) is 3.30. The van der Waals surface area contributed by atoms with Gasteiger partial charge in [0.2, 0.25) is 0 Å². The highest BCUT2D eigenvalue weighted by Gasteiger charge is 2.27. The van der Waals surface area contributed by atoms with Gasteiger partial charge in [0, 0.05) is 32.1 Å². The summed E-state index contributed by atoms with van der Waals surface area (Å²) < 4.78 is 10.3. The van der Waals surface area contributed by atoms with Crippen LogP contribution in [0.25, 0.3) is 0 Å². The van der Waals surface area contributed by atoms with Crippen molar-refractivity contribution >= 4 is 35.9 Å². The van der Waals surface area contributed by atoms with E-state index in [1.807, 2.05) is 6.07 Å². The van der Waals surface area contributed by atoms with Crippen molar-refractivity contribution in [3.63, 3.8) is 0 Å². The van der Waals surface area contributed by atoms with Crippen molar-refractivity contribution in [2.24, 2.45) is 10.9 Å². The molecule has 0 bridgehead atoms. The number of hydrogen-bond donors (Lipinski definition) is 1. The highest BCUT2D eigenvalue weighted by atomic mass is 127. The molecular formula is C18H31IN4O3. The van der Waals surface area contributed by atoms with Crippen LogP contribution in [0.1, 0.15) is 56.9 Å². The largest absolute Gasteiger partial charge is 0.469 e. The van der Waals surface area contributed by atoms with Crippen molar-refractivity contribution in [1.29, 1.82) is 0 Å². The zero-order valence-corrected chi connectivity index (χ0v) is 18.5. The third-order valence-electron chi connectivity index (χ3n) is 4.94. The third-order valence-corrected chi connectivity index (χ3v) is 4.94. The number of rotatable bonds is 6. The lowest BCUT2D eigenvalue weighted by Gasteiger charge is -2.33. The number of aromatic nitrogens is 1. The third kappa shape index (κ3) is 5.85. The number of aliphatic imine (C=N–C) groups is 1. The maximum absolute atomic E-state index is 11.6. The SMILES string of the molecule is CCC(CC)c1cc(CNC(=NC)N2CCC(C(=O)OC)CC2)on1.I. The average Bonchev–Trinajstić information content (AvgIpc) is 3.12. The lowest BCUT2D eigenvalue weighted by molar-refractivity contribution is -0.146. The van der Waals surface area contributed by atoms with E-state index >= 15 is 0 Å². The molecular weight excluding hydrogens is 447 g/mol. The zero-order valence-electron chi connectivity index (χ0n) is 16.2. The van der Waals surface area contributed by atoms with Crippen molar-refractivity contribution in [2.75, 3.05) is 27.2 Å². The number of nitrogens with zero attached hydrogens (tertiary/aromatic N) is 3. The first-order valence-corrected chi connectivity index (χ1v) is 9.11. The molecule has 1 fully saturated rings. The van der Waals surface area contributed by atoms with Crippen molar-refractivity contribution in [3.05, 3.63) is 17.5 Å². The molecule has 0 amide bonds. The Bertz CT molecular complexity index is 579. The minimum absolute atomic E-state index is 0. The predicted molar refractivity (Wildman–Crippen MR) is 112 cm³/mol. The number of piperidine rings is 1. The van der Waals surface area contributed by atoms with Gasteiger partial charge < -0.3 is 19.5 Å². The first-order chi connectivity index (χ1) is 12.1. The molecule has 1 N–H and O–H groups in total. The first-order valence-electron chi connectivity index (χ1n) is 9.11. The summed E-state index contributed by atoms with van der Waals surface area (Å²) in [5.74, 6) is 1.97. The van der Waals surface area contributed by atoms with E-state index in [2.05, 4.69) is 34.2 Å². The lowest BCUT2D eigenvalue weighted by atomic mass is 9.97. The number of halogens is 1. The molecule has 7 nitrogen and oxygen atoms in total. The Labute approximate surface area is 172 Å². The summed E-state index contributed by atoms with van der Waals surface area (Å²) in [7, 11) is 3.22. The van der Waals surface area contributed by atoms with Gasteiger partial charge in [0.1, 0.15) is 0 Å². The van der Waals surface area contributed by atoms with E-state index in [-0.39, 0.29) is 35.9 Å². The van der Waals surface area contributed by atoms with E-state index < -0.39 is 0 Å². The van der Waals surface area contributed by atoms with Gasteiger partial charge in [-0.2, -0.15) is 0 Å². The van der Waals surface area contributed by atoms with E-state index in [9.17, 15) is 4.79 Å². The van der Waals surface area contributed by atoms with Crippen LogP contribution < -0.4 is 5.32 Å². The Morgan fingerprint density at radius 3 is 2.62 bits per heavy atom. The molecule has 0 saturated carbocycles. The molecule has 0 aliphatic carbocycles. The van der Waals surface area contributed by atoms with Gasteiger partial charge in [-0.25, -0.2) is 0 Å². The quantitative estimate of drug-likeness (QED) is 0.293. The molecule has 0 spiro atoms. The molecule has 1 saturated heterocycles. The summed E-state index contributed by atoms with van der Waals surface area (Å²) in [4.78, 5) is 18.1. The van der Waals surface area contributed by atoms with E-state index in [0.29, 0.717) is 12.5 Å². The van der Waals surface area contributed by atoms with Crippen LogP contribution in [0.2, 0.25) is 0 Å². The lowest BCUT2D eigenvalue weighted by Crippen LogP contribution is -2.46. The van der Waals surface area contributed by atoms with Gasteiger partial charge >= 0.3 is 5.97 Å². The van der Waals surface area contributed by atoms with Crippen molar-refractivity contribution in [2.45, 2.75) is 52.0 Å². The standard InChI is InChI=1S/C18H30N4O3.HI/c1-5-13(6-2)16-11-15(25-21-16)12-20-18(19-3)22-9-7-14(8-10-22)17(23)24-4;/h11,13-14H,5-10,12H2,1-4H3,(H,19,20);1H. The minimum atomic E-state index is -0.113. The molecule has 1 aromatic rings. The minimum Gasteiger partial charge on any atom is -0.469 e. The smallest absolute Gasteiger partial charge is 0.308 e. The molecule has 1 aliphatic rings. The van der Waals surface area contributed by atoms with E-state index in [1.165, 1.54) is 7.11 Å². The molecule has 8 heteroatoms. The van der Waals surface area contributed by atoms with Gasteiger partial charge in [0.25, 0.3) is 0 Å². The van der Waals surface area contributed by atoms with Gasteiger partial charge in [-0.3, -0.25) is 9.79 Å². The van der Waals surface area contributed by atoms with Crippen LogP contribution in [0.3, 0.4) is 0 Å².